The number of hydrogen-bond acceptors (Lipinski definition) is 2. The van der Waals surface area contributed by atoms with Crippen molar-refractivity contribution in [2.45, 2.75) is 12.8 Å². The molecule has 0 aliphatic heterocycles. The third-order valence-electron chi connectivity index (χ3n) is 3.35. The molecule has 3 heteroatoms. The van der Waals surface area contributed by atoms with Crippen molar-refractivity contribution in [1.29, 1.82) is 0 Å². The molecule has 0 spiro atoms. The summed E-state index contributed by atoms with van der Waals surface area (Å²) in [5, 5.41) is 9.79. The first-order valence-electron chi connectivity index (χ1n) is 6.51. The average Bonchev–Trinajstić information content (AvgIpc) is 2.89. The summed E-state index contributed by atoms with van der Waals surface area (Å²) >= 11 is 0. The van der Waals surface area contributed by atoms with Crippen molar-refractivity contribution >= 4 is 16.9 Å². The van der Waals surface area contributed by atoms with Crippen molar-refractivity contribution in [3.8, 4) is 11.1 Å². The number of hydrogen-bond donors (Lipinski definition) is 1. The monoisotopic (exact) mass is 266 g/mol. The fraction of sp³-hybridized carbons (Fsp3) is 0.118. The smallest absolute Gasteiger partial charge is 0.303 e. The Bertz CT molecular complexity index is 741. The number of carbonyl (C=O) groups is 1. The number of carboxylic acids is 1. The highest BCUT2D eigenvalue weighted by Gasteiger charge is 2.09. The molecule has 1 heterocycles. The quantitative estimate of drug-likeness (QED) is 0.772. The van der Waals surface area contributed by atoms with Gasteiger partial charge in [-0.05, 0) is 29.7 Å². The Kier molecular flexibility index (Phi) is 3.25. The number of fused-ring (bicyclic) bond motifs is 1. The lowest BCUT2D eigenvalue weighted by Crippen LogP contribution is -1.97. The highest BCUT2D eigenvalue weighted by Crippen LogP contribution is 2.31. The Morgan fingerprint density at radius 2 is 1.90 bits per heavy atom. The van der Waals surface area contributed by atoms with Gasteiger partial charge < -0.3 is 9.52 Å². The van der Waals surface area contributed by atoms with Crippen LogP contribution in [0, 0.1) is 0 Å². The molecule has 0 fully saturated rings. The Labute approximate surface area is 116 Å². The summed E-state index contributed by atoms with van der Waals surface area (Å²) in [5.41, 5.74) is 3.97. The molecule has 0 atom stereocenters. The van der Waals surface area contributed by atoms with Crippen LogP contribution in [0.5, 0.6) is 0 Å². The van der Waals surface area contributed by atoms with Gasteiger partial charge in [0.05, 0.1) is 6.26 Å². The van der Waals surface area contributed by atoms with Crippen molar-refractivity contribution in [3.63, 3.8) is 0 Å². The second-order valence-electron chi connectivity index (χ2n) is 4.74. The van der Waals surface area contributed by atoms with Crippen LogP contribution in [-0.4, -0.2) is 11.1 Å². The van der Waals surface area contributed by atoms with Crippen LogP contribution in [0.4, 0.5) is 0 Å². The second-order valence-corrected chi connectivity index (χ2v) is 4.74. The molecule has 0 amide bonds. The van der Waals surface area contributed by atoms with E-state index in [1.807, 2.05) is 48.5 Å². The first kappa shape index (κ1) is 12.5. The van der Waals surface area contributed by atoms with Crippen LogP contribution in [0.25, 0.3) is 22.1 Å². The van der Waals surface area contributed by atoms with Crippen LogP contribution >= 0.6 is 0 Å². The van der Waals surface area contributed by atoms with Crippen molar-refractivity contribution < 1.29 is 14.3 Å². The molecule has 0 unspecified atom stereocenters. The molecule has 1 N–H and O–H groups in total. The molecular weight excluding hydrogens is 252 g/mol. The number of rotatable bonds is 4. The maximum atomic E-state index is 10.7. The summed E-state index contributed by atoms with van der Waals surface area (Å²) < 4.78 is 5.57. The molecular formula is C17H14O3. The van der Waals surface area contributed by atoms with Crippen molar-refractivity contribution in [2.75, 3.05) is 0 Å². The van der Waals surface area contributed by atoms with Gasteiger partial charge in [0.2, 0.25) is 0 Å². The van der Waals surface area contributed by atoms with Crippen LogP contribution in [0.1, 0.15) is 12.0 Å². The molecule has 0 aliphatic carbocycles. The summed E-state index contributed by atoms with van der Waals surface area (Å²) in [6.45, 7) is 0. The van der Waals surface area contributed by atoms with E-state index in [4.69, 9.17) is 9.52 Å². The highest BCUT2D eigenvalue weighted by molar-refractivity contribution is 5.94. The van der Waals surface area contributed by atoms with Crippen LogP contribution in [0.15, 0.2) is 59.2 Å². The molecule has 0 saturated heterocycles. The van der Waals surface area contributed by atoms with E-state index in [9.17, 15) is 4.79 Å². The molecule has 3 rings (SSSR count). The van der Waals surface area contributed by atoms with Crippen molar-refractivity contribution in [3.05, 3.63) is 60.4 Å². The van der Waals surface area contributed by atoms with E-state index in [0.29, 0.717) is 6.42 Å². The van der Waals surface area contributed by atoms with Gasteiger partial charge in [0.15, 0.2) is 0 Å². The van der Waals surface area contributed by atoms with Gasteiger partial charge in [-0.1, -0.05) is 36.4 Å². The first-order chi connectivity index (χ1) is 9.74. The SMILES string of the molecule is O=C(O)CCc1ccc2occ(-c3ccccc3)c2c1. The maximum absolute atomic E-state index is 10.7. The van der Waals surface area contributed by atoms with E-state index in [1.165, 1.54) is 0 Å². The fourth-order valence-corrected chi connectivity index (χ4v) is 2.32. The number of carboxylic acid groups (broad SMARTS) is 1. The van der Waals surface area contributed by atoms with Crippen LogP contribution in [-0.2, 0) is 11.2 Å². The summed E-state index contributed by atoms with van der Waals surface area (Å²) in [4.78, 5) is 10.7. The van der Waals surface area contributed by atoms with E-state index in [2.05, 4.69) is 0 Å². The zero-order valence-corrected chi connectivity index (χ0v) is 10.9. The molecule has 100 valence electrons. The van der Waals surface area contributed by atoms with Crippen LogP contribution in [0.3, 0.4) is 0 Å². The fourth-order valence-electron chi connectivity index (χ4n) is 2.32. The number of furan rings is 1. The van der Waals surface area contributed by atoms with Crippen molar-refractivity contribution in [2.24, 2.45) is 0 Å². The van der Waals surface area contributed by atoms with Crippen LogP contribution < -0.4 is 0 Å². The summed E-state index contributed by atoms with van der Waals surface area (Å²) in [5.74, 6) is -0.777. The predicted molar refractivity (Wildman–Crippen MR) is 77.6 cm³/mol. The number of aryl methyl sites for hydroxylation is 1. The van der Waals surface area contributed by atoms with Gasteiger partial charge in [-0.3, -0.25) is 4.79 Å². The summed E-state index contributed by atoms with van der Waals surface area (Å²) in [6.07, 6.45) is 2.43. The molecule has 1 aromatic heterocycles. The van der Waals surface area contributed by atoms with Gasteiger partial charge in [-0.25, -0.2) is 0 Å². The summed E-state index contributed by atoms with van der Waals surface area (Å²) in [6, 6.07) is 15.9. The Morgan fingerprint density at radius 1 is 1.10 bits per heavy atom. The molecule has 0 aliphatic rings. The van der Waals surface area contributed by atoms with Gasteiger partial charge in [0.25, 0.3) is 0 Å². The zero-order valence-electron chi connectivity index (χ0n) is 10.9. The number of aliphatic carboxylic acids is 1. The van der Waals surface area contributed by atoms with Gasteiger partial charge in [0.1, 0.15) is 5.58 Å². The molecule has 3 aromatic rings. The minimum atomic E-state index is -0.777. The molecule has 0 radical (unpaired) electrons. The van der Waals surface area contributed by atoms with E-state index in [1.54, 1.807) is 6.26 Å². The second kappa shape index (κ2) is 5.21. The molecule has 2 aromatic carbocycles. The maximum Gasteiger partial charge on any atom is 0.303 e. The molecule has 3 nitrogen and oxygen atoms in total. The Balaban J connectivity index is 2.02. The Hall–Kier alpha value is -2.55. The van der Waals surface area contributed by atoms with Gasteiger partial charge in [0, 0.05) is 17.4 Å². The summed E-state index contributed by atoms with van der Waals surface area (Å²) in [7, 11) is 0. The minimum absolute atomic E-state index is 0.143. The third-order valence-corrected chi connectivity index (χ3v) is 3.35. The lowest BCUT2D eigenvalue weighted by molar-refractivity contribution is -0.136. The average molecular weight is 266 g/mol. The van der Waals surface area contributed by atoms with Crippen molar-refractivity contribution in [1.82, 2.24) is 0 Å². The van der Waals surface area contributed by atoms with Gasteiger partial charge >= 0.3 is 5.97 Å². The van der Waals surface area contributed by atoms with Gasteiger partial charge in [-0.2, -0.15) is 0 Å². The lowest BCUT2D eigenvalue weighted by atomic mass is 10.0. The molecule has 20 heavy (non-hydrogen) atoms. The standard InChI is InChI=1S/C17H14O3/c18-17(19)9-7-12-6-8-16-14(10-12)15(11-20-16)13-4-2-1-3-5-13/h1-6,8,10-11H,7,9H2,(H,18,19). The van der Waals surface area contributed by atoms with E-state index < -0.39 is 5.97 Å². The van der Waals surface area contributed by atoms with E-state index in [0.717, 1.165) is 27.7 Å². The van der Waals surface area contributed by atoms with E-state index in [-0.39, 0.29) is 6.42 Å². The topological polar surface area (TPSA) is 50.4 Å². The molecule has 0 saturated carbocycles. The number of benzene rings is 2. The lowest BCUT2D eigenvalue weighted by Gasteiger charge is -2.01. The Morgan fingerprint density at radius 3 is 2.65 bits per heavy atom. The van der Waals surface area contributed by atoms with Crippen LogP contribution in [0.2, 0.25) is 0 Å². The highest BCUT2D eigenvalue weighted by atomic mass is 16.4. The largest absolute Gasteiger partial charge is 0.481 e. The normalized spacial score (nSPS) is 10.8. The molecule has 0 bridgehead atoms. The van der Waals surface area contributed by atoms with Gasteiger partial charge in [-0.15, -0.1) is 0 Å². The minimum Gasteiger partial charge on any atom is -0.481 e. The first-order valence-corrected chi connectivity index (χ1v) is 6.51. The predicted octanol–water partition coefficient (Wildman–Crippen LogP) is 4.12. The third kappa shape index (κ3) is 2.43. The zero-order chi connectivity index (χ0) is 13.9. The van der Waals surface area contributed by atoms with E-state index >= 15 is 0 Å².